The molecule has 0 aromatic carbocycles. The molecule has 2 saturated carbocycles. The molecule has 0 aliphatic heterocycles. The molecule has 2 aliphatic carbocycles. The monoisotopic (exact) mass is 152 g/mol. The van der Waals surface area contributed by atoms with Crippen LogP contribution in [0.5, 0.6) is 0 Å². The topological polar surface area (TPSA) is 17.1 Å². The Balaban J connectivity index is 2.08. The first-order valence-corrected chi connectivity index (χ1v) is 4.79. The summed E-state index contributed by atoms with van der Waals surface area (Å²) in [6.07, 6.45) is 6.61. The predicted octanol–water partition coefficient (Wildman–Crippen LogP) is 2.40. The number of hydrogen-bond acceptors (Lipinski definition) is 1. The van der Waals surface area contributed by atoms with Gasteiger partial charge in [0.25, 0.3) is 0 Å². The van der Waals surface area contributed by atoms with Crippen molar-refractivity contribution in [3.8, 4) is 0 Å². The van der Waals surface area contributed by atoms with E-state index in [1.165, 1.54) is 32.1 Å². The van der Waals surface area contributed by atoms with Gasteiger partial charge in [0.1, 0.15) is 5.78 Å². The average molecular weight is 152 g/mol. The maximum atomic E-state index is 11.2. The van der Waals surface area contributed by atoms with Crippen LogP contribution >= 0.6 is 0 Å². The van der Waals surface area contributed by atoms with E-state index in [1.54, 1.807) is 6.92 Å². The number of carbonyl (C=O) groups excluding carboxylic acids is 1. The molecule has 0 N–H and O–H groups in total. The van der Waals surface area contributed by atoms with Crippen LogP contribution in [0.15, 0.2) is 0 Å². The first-order valence-electron chi connectivity index (χ1n) is 4.79. The van der Waals surface area contributed by atoms with E-state index in [0.717, 1.165) is 11.8 Å². The Kier molecular flexibility index (Phi) is 1.74. The van der Waals surface area contributed by atoms with Crippen molar-refractivity contribution < 1.29 is 4.79 Å². The molecule has 0 amide bonds. The zero-order chi connectivity index (χ0) is 7.84. The Labute approximate surface area is 68.2 Å². The summed E-state index contributed by atoms with van der Waals surface area (Å²) in [5, 5.41) is 0. The second-order valence-corrected chi connectivity index (χ2v) is 4.15. The molecule has 0 spiro atoms. The van der Waals surface area contributed by atoms with E-state index in [9.17, 15) is 4.79 Å². The van der Waals surface area contributed by atoms with Crippen molar-refractivity contribution in [1.82, 2.24) is 0 Å². The third-order valence-corrected chi connectivity index (χ3v) is 3.61. The van der Waals surface area contributed by atoms with E-state index in [-0.39, 0.29) is 0 Å². The second kappa shape index (κ2) is 2.62. The van der Waals surface area contributed by atoms with E-state index in [0.29, 0.717) is 11.7 Å². The second-order valence-electron chi connectivity index (χ2n) is 4.15. The molecule has 2 aliphatic rings. The van der Waals surface area contributed by atoms with Crippen molar-refractivity contribution in [2.24, 2.45) is 17.8 Å². The summed E-state index contributed by atoms with van der Waals surface area (Å²) < 4.78 is 0. The van der Waals surface area contributed by atoms with E-state index in [4.69, 9.17) is 0 Å². The lowest BCUT2D eigenvalue weighted by Gasteiger charge is -2.14. The largest absolute Gasteiger partial charge is 0.300 e. The number of ketones is 1. The van der Waals surface area contributed by atoms with Crippen molar-refractivity contribution in [1.29, 1.82) is 0 Å². The highest BCUT2D eigenvalue weighted by atomic mass is 16.1. The molecular formula is C10H16O. The van der Waals surface area contributed by atoms with Crippen LogP contribution in [-0.2, 0) is 4.79 Å². The van der Waals surface area contributed by atoms with Crippen LogP contribution < -0.4 is 0 Å². The number of Topliss-reactive ketones (excluding diaryl/α,β-unsaturated/α-hetero) is 1. The summed E-state index contributed by atoms with van der Waals surface area (Å²) >= 11 is 0. The maximum Gasteiger partial charge on any atom is 0.133 e. The third-order valence-electron chi connectivity index (χ3n) is 3.61. The standard InChI is InChI=1S/C10H16O/c1-7(11)9-6-5-8-3-2-4-10(8)9/h8-10H,2-6H2,1H3/t8-,9+,10-/m1/s1. The van der Waals surface area contributed by atoms with Gasteiger partial charge in [-0.3, -0.25) is 4.79 Å². The summed E-state index contributed by atoms with van der Waals surface area (Å²) in [6, 6.07) is 0. The van der Waals surface area contributed by atoms with Gasteiger partial charge < -0.3 is 0 Å². The van der Waals surface area contributed by atoms with E-state index in [2.05, 4.69) is 0 Å². The molecule has 0 radical (unpaired) electrons. The number of fused-ring (bicyclic) bond motifs is 1. The van der Waals surface area contributed by atoms with Crippen LogP contribution in [-0.4, -0.2) is 5.78 Å². The van der Waals surface area contributed by atoms with Gasteiger partial charge in [-0.2, -0.15) is 0 Å². The first-order chi connectivity index (χ1) is 5.29. The van der Waals surface area contributed by atoms with Crippen molar-refractivity contribution >= 4 is 5.78 Å². The molecule has 0 aromatic heterocycles. The Morgan fingerprint density at radius 1 is 1.18 bits per heavy atom. The van der Waals surface area contributed by atoms with Gasteiger partial charge in [0, 0.05) is 5.92 Å². The molecule has 0 bridgehead atoms. The highest BCUT2D eigenvalue weighted by molar-refractivity contribution is 5.79. The smallest absolute Gasteiger partial charge is 0.133 e. The minimum Gasteiger partial charge on any atom is -0.300 e. The van der Waals surface area contributed by atoms with Crippen LogP contribution in [0.2, 0.25) is 0 Å². The fourth-order valence-electron chi connectivity index (χ4n) is 3.07. The number of carbonyl (C=O) groups is 1. The molecule has 1 nitrogen and oxygen atoms in total. The van der Waals surface area contributed by atoms with Crippen molar-refractivity contribution in [3.63, 3.8) is 0 Å². The van der Waals surface area contributed by atoms with Crippen molar-refractivity contribution in [2.45, 2.75) is 39.0 Å². The summed E-state index contributed by atoms with van der Waals surface area (Å²) in [6.45, 7) is 1.77. The van der Waals surface area contributed by atoms with Gasteiger partial charge in [0.05, 0.1) is 0 Å². The van der Waals surface area contributed by atoms with Crippen LogP contribution in [0, 0.1) is 17.8 Å². The lowest BCUT2D eigenvalue weighted by atomic mass is 9.89. The molecular weight excluding hydrogens is 136 g/mol. The Morgan fingerprint density at radius 2 is 2.00 bits per heavy atom. The molecule has 0 unspecified atom stereocenters. The van der Waals surface area contributed by atoms with Gasteiger partial charge in [-0.25, -0.2) is 0 Å². The lowest BCUT2D eigenvalue weighted by Crippen LogP contribution is -2.16. The minimum atomic E-state index is 0.444. The molecule has 62 valence electrons. The van der Waals surface area contributed by atoms with E-state index >= 15 is 0 Å². The summed E-state index contributed by atoms with van der Waals surface area (Å²) in [5.41, 5.74) is 0. The van der Waals surface area contributed by atoms with E-state index in [1.807, 2.05) is 0 Å². The van der Waals surface area contributed by atoms with Crippen LogP contribution in [0.4, 0.5) is 0 Å². The van der Waals surface area contributed by atoms with Gasteiger partial charge in [0.2, 0.25) is 0 Å². The van der Waals surface area contributed by atoms with Gasteiger partial charge in [0.15, 0.2) is 0 Å². The Bertz CT molecular complexity index is 174. The quantitative estimate of drug-likeness (QED) is 0.564. The highest BCUT2D eigenvalue weighted by Crippen LogP contribution is 2.47. The molecule has 11 heavy (non-hydrogen) atoms. The summed E-state index contributed by atoms with van der Waals surface area (Å²) in [4.78, 5) is 11.2. The minimum absolute atomic E-state index is 0.444. The fourth-order valence-corrected chi connectivity index (χ4v) is 3.07. The molecule has 1 heteroatoms. The van der Waals surface area contributed by atoms with Gasteiger partial charge in [-0.1, -0.05) is 12.8 Å². The van der Waals surface area contributed by atoms with Gasteiger partial charge in [-0.15, -0.1) is 0 Å². The molecule has 2 rings (SSSR count). The number of rotatable bonds is 1. The molecule has 0 saturated heterocycles. The average Bonchev–Trinajstić information content (AvgIpc) is 2.41. The first kappa shape index (κ1) is 7.33. The fraction of sp³-hybridized carbons (Fsp3) is 0.900. The van der Waals surface area contributed by atoms with Crippen LogP contribution in [0.25, 0.3) is 0 Å². The van der Waals surface area contributed by atoms with Gasteiger partial charge in [-0.05, 0) is 38.0 Å². The Morgan fingerprint density at radius 3 is 2.73 bits per heavy atom. The highest BCUT2D eigenvalue weighted by Gasteiger charge is 2.40. The molecule has 0 heterocycles. The van der Waals surface area contributed by atoms with Crippen molar-refractivity contribution in [3.05, 3.63) is 0 Å². The summed E-state index contributed by atoms with van der Waals surface area (Å²) in [5.74, 6) is 2.60. The van der Waals surface area contributed by atoms with E-state index < -0.39 is 0 Å². The zero-order valence-corrected chi connectivity index (χ0v) is 7.18. The number of hydrogen-bond donors (Lipinski definition) is 0. The maximum absolute atomic E-state index is 11.2. The van der Waals surface area contributed by atoms with Crippen LogP contribution in [0.1, 0.15) is 39.0 Å². The summed E-state index contributed by atoms with van der Waals surface area (Å²) in [7, 11) is 0. The van der Waals surface area contributed by atoms with Crippen LogP contribution in [0.3, 0.4) is 0 Å². The normalized spacial score (nSPS) is 42.5. The van der Waals surface area contributed by atoms with Crippen molar-refractivity contribution in [2.75, 3.05) is 0 Å². The zero-order valence-electron chi connectivity index (χ0n) is 7.18. The predicted molar refractivity (Wildman–Crippen MR) is 44.2 cm³/mol. The molecule has 3 atom stereocenters. The molecule has 2 fully saturated rings. The molecule has 0 aromatic rings. The lowest BCUT2D eigenvalue weighted by molar-refractivity contribution is -0.121. The Hall–Kier alpha value is -0.330. The SMILES string of the molecule is CC(=O)[C@@H]1CC[C@H]2CCC[C@H]21. The van der Waals surface area contributed by atoms with Gasteiger partial charge >= 0.3 is 0 Å². The third kappa shape index (κ3) is 1.11.